The van der Waals surface area contributed by atoms with E-state index in [-0.39, 0.29) is 6.61 Å². The maximum absolute atomic E-state index is 10.9. The molecule has 1 aliphatic carbocycles. The van der Waals surface area contributed by atoms with Crippen LogP contribution < -0.4 is 5.73 Å². The third-order valence-corrected chi connectivity index (χ3v) is 7.99. The van der Waals surface area contributed by atoms with Gasteiger partial charge in [-0.2, -0.15) is 0 Å². The molecular formula is C22H40NO4PS. The molecule has 1 heterocycles. The molecule has 1 saturated carbocycles. The molecule has 0 aromatic carbocycles. The highest BCUT2D eigenvalue weighted by molar-refractivity contribution is 7.46. The van der Waals surface area contributed by atoms with Crippen molar-refractivity contribution < 1.29 is 18.9 Å². The van der Waals surface area contributed by atoms with Crippen molar-refractivity contribution in [2.24, 2.45) is 11.7 Å². The lowest BCUT2D eigenvalue weighted by atomic mass is 9.85. The van der Waals surface area contributed by atoms with E-state index in [4.69, 9.17) is 15.5 Å². The third kappa shape index (κ3) is 10.6. The van der Waals surface area contributed by atoms with Crippen LogP contribution in [0.4, 0.5) is 0 Å². The average Bonchev–Trinajstić information content (AvgIpc) is 3.16. The van der Waals surface area contributed by atoms with Crippen LogP contribution in [0.5, 0.6) is 0 Å². The Morgan fingerprint density at radius 2 is 1.76 bits per heavy atom. The first-order valence-corrected chi connectivity index (χ1v) is 13.7. The van der Waals surface area contributed by atoms with Crippen LogP contribution in [0, 0.1) is 5.92 Å². The summed E-state index contributed by atoms with van der Waals surface area (Å²) >= 11 is 1.84. The summed E-state index contributed by atoms with van der Waals surface area (Å²) in [6.07, 6.45) is 17.3. The fraction of sp³-hybridized carbons (Fsp3) is 0.818. The van der Waals surface area contributed by atoms with Gasteiger partial charge in [-0.25, -0.2) is 4.57 Å². The molecule has 0 spiro atoms. The van der Waals surface area contributed by atoms with Crippen molar-refractivity contribution in [1.82, 2.24) is 0 Å². The Balaban J connectivity index is 1.61. The highest BCUT2D eigenvalue weighted by atomic mass is 32.1. The first kappa shape index (κ1) is 25.0. The first-order valence-electron chi connectivity index (χ1n) is 11.4. The molecule has 1 aromatic heterocycles. The third-order valence-electron chi connectivity index (χ3n) is 6.32. The summed E-state index contributed by atoms with van der Waals surface area (Å²) < 4.78 is 15.6. The highest BCUT2D eigenvalue weighted by Gasteiger charge is 2.27. The second-order valence-electron chi connectivity index (χ2n) is 8.80. The van der Waals surface area contributed by atoms with Gasteiger partial charge in [-0.15, -0.1) is 11.3 Å². The molecule has 0 saturated heterocycles. The van der Waals surface area contributed by atoms with Crippen LogP contribution in [0.1, 0.15) is 93.7 Å². The lowest BCUT2D eigenvalue weighted by Crippen LogP contribution is -2.44. The Kier molecular flexibility index (Phi) is 10.9. The number of thiophene rings is 1. The van der Waals surface area contributed by atoms with Crippen molar-refractivity contribution in [2.45, 2.75) is 102 Å². The van der Waals surface area contributed by atoms with Gasteiger partial charge in [-0.1, -0.05) is 64.7 Å². The van der Waals surface area contributed by atoms with Gasteiger partial charge in [0, 0.05) is 15.3 Å². The summed E-state index contributed by atoms with van der Waals surface area (Å²) in [5.74, 6) is 1.01. The number of hydrogen-bond acceptors (Lipinski definition) is 4. The molecular weight excluding hydrogens is 405 g/mol. The van der Waals surface area contributed by atoms with E-state index >= 15 is 0 Å². The van der Waals surface area contributed by atoms with Crippen molar-refractivity contribution in [3.63, 3.8) is 0 Å². The number of aryl methyl sites for hydroxylation is 2. The van der Waals surface area contributed by atoms with Crippen molar-refractivity contribution in [1.29, 1.82) is 0 Å². The zero-order chi connectivity index (χ0) is 21.2. The van der Waals surface area contributed by atoms with Gasteiger partial charge in [0.25, 0.3) is 0 Å². The van der Waals surface area contributed by atoms with Crippen molar-refractivity contribution in [2.75, 3.05) is 6.61 Å². The Labute approximate surface area is 180 Å². The predicted octanol–water partition coefficient (Wildman–Crippen LogP) is 5.97. The fourth-order valence-electron chi connectivity index (χ4n) is 4.19. The minimum atomic E-state index is -4.47. The van der Waals surface area contributed by atoms with Crippen molar-refractivity contribution >= 4 is 19.2 Å². The Morgan fingerprint density at radius 1 is 1.10 bits per heavy atom. The van der Waals surface area contributed by atoms with E-state index in [2.05, 4.69) is 16.7 Å². The fourth-order valence-corrected chi connectivity index (χ4v) is 5.67. The van der Waals surface area contributed by atoms with E-state index in [0.29, 0.717) is 12.8 Å². The lowest BCUT2D eigenvalue weighted by molar-refractivity contribution is 0.145. The van der Waals surface area contributed by atoms with Crippen LogP contribution >= 0.6 is 19.2 Å². The van der Waals surface area contributed by atoms with Crippen LogP contribution in [0.2, 0.25) is 0 Å². The summed E-state index contributed by atoms with van der Waals surface area (Å²) in [5.41, 5.74) is 5.57. The van der Waals surface area contributed by atoms with Crippen LogP contribution in [0.3, 0.4) is 0 Å². The van der Waals surface area contributed by atoms with Gasteiger partial charge < -0.3 is 15.5 Å². The number of unbranched alkanes of at least 4 members (excludes halogenated alkanes) is 3. The molecule has 1 atom stereocenters. The van der Waals surface area contributed by atoms with E-state index in [1.807, 2.05) is 18.3 Å². The monoisotopic (exact) mass is 445 g/mol. The van der Waals surface area contributed by atoms with E-state index in [9.17, 15) is 4.57 Å². The molecule has 2 rings (SSSR count). The van der Waals surface area contributed by atoms with Gasteiger partial charge in [0.2, 0.25) is 0 Å². The smallest absolute Gasteiger partial charge is 0.323 e. The molecule has 0 aliphatic heterocycles. The highest BCUT2D eigenvalue weighted by Crippen LogP contribution is 2.37. The molecule has 7 heteroatoms. The average molecular weight is 446 g/mol. The number of rotatable bonds is 14. The van der Waals surface area contributed by atoms with Gasteiger partial charge in [0.15, 0.2) is 0 Å². The number of phosphoric acid groups is 1. The summed E-state index contributed by atoms with van der Waals surface area (Å²) in [6, 6.07) is 4.39. The Hall–Kier alpha value is -0.230. The molecule has 0 bridgehead atoms. The van der Waals surface area contributed by atoms with Gasteiger partial charge in [-0.05, 0) is 50.2 Å². The molecule has 0 amide bonds. The van der Waals surface area contributed by atoms with Gasteiger partial charge >= 0.3 is 7.82 Å². The quantitative estimate of drug-likeness (QED) is 0.242. The largest absolute Gasteiger partial charge is 0.469 e. The first-order chi connectivity index (χ1) is 13.8. The molecule has 168 valence electrons. The van der Waals surface area contributed by atoms with Gasteiger partial charge in [0.05, 0.1) is 6.61 Å². The standard InChI is InChI=1S/C22H40NO4PS/c1-2-22(23,18-27-28(24,25)26)17-16-21-15-14-20(29-21)13-9-4-3-6-10-19-11-7-5-8-12-19/h14-15,19H,2-13,16-18,23H2,1H3,(H2,24,25,26). The van der Waals surface area contributed by atoms with Crippen LogP contribution in [-0.2, 0) is 21.9 Å². The second kappa shape index (κ2) is 12.6. The molecule has 1 aromatic rings. The second-order valence-corrected chi connectivity index (χ2v) is 11.3. The molecule has 1 unspecified atom stereocenters. The summed E-state index contributed by atoms with van der Waals surface area (Å²) in [7, 11) is -4.47. The summed E-state index contributed by atoms with van der Waals surface area (Å²) in [4.78, 5) is 20.5. The summed E-state index contributed by atoms with van der Waals surface area (Å²) in [6.45, 7) is 1.81. The zero-order valence-electron chi connectivity index (χ0n) is 18.0. The predicted molar refractivity (Wildman–Crippen MR) is 121 cm³/mol. The minimum Gasteiger partial charge on any atom is -0.323 e. The molecule has 29 heavy (non-hydrogen) atoms. The molecule has 0 radical (unpaired) electrons. The molecule has 1 aliphatic rings. The SMILES string of the molecule is CCC(N)(CCc1ccc(CCCCCCC2CCCCC2)s1)COP(=O)(O)O. The maximum atomic E-state index is 10.9. The number of phosphoric ester groups is 1. The van der Waals surface area contributed by atoms with Crippen molar-refractivity contribution in [3.8, 4) is 0 Å². The molecule has 5 nitrogen and oxygen atoms in total. The Morgan fingerprint density at radius 3 is 2.41 bits per heavy atom. The van der Waals surface area contributed by atoms with E-state index in [1.54, 1.807) is 0 Å². The van der Waals surface area contributed by atoms with Gasteiger partial charge in [0.1, 0.15) is 0 Å². The Bertz CT molecular complexity index is 626. The van der Waals surface area contributed by atoms with E-state index in [1.165, 1.54) is 74.0 Å². The van der Waals surface area contributed by atoms with E-state index < -0.39 is 13.4 Å². The lowest BCUT2D eigenvalue weighted by Gasteiger charge is -2.27. The number of hydrogen-bond donors (Lipinski definition) is 3. The van der Waals surface area contributed by atoms with Gasteiger partial charge in [-0.3, -0.25) is 4.52 Å². The topological polar surface area (TPSA) is 92.8 Å². The minimum absolute atomic E-state index is 0.118. The number of nitrogens with two attached hydrogens (primary N) is 1. The van der Waals surface area contributed by atoms with E-state index in [0.717, 1.165) is 18.8 Å². The zero-order valence-corrected chi connectivity index (χ0v) is 19.7. The van der Waals surface area contributed by atoms with Crippen LogP contribution in [0.15, 0.2) is 12.1 Å². The van der Waals surface area contributed by atoms with Crippen LogP contribution in [0.25, 0.3) is 0 Å². The maximum Gasteiger partial charge on any atom is 0.469 e. The summed E-state index contributed by atoms with van der Waals surface area (Å²) in [5, 5.41) is 0. The molecule has 4 N–H and O–H groups in total. The van der Waals surface area contributed by atoms with Crippen molar-refractivity contribution in [3.05, 3.63) is 21.9 Å². The van der Waals surface area contributed by atoms with Crippen LogP contribution in [-0.4, -0.2) is 21.9 Å². The normalized spacial score (nSPS) is 18.1. The molecule has 1 fully saturated rings.